The average molecular weight is 1270 g/mol. The minimum Gasteiger partial charge on any atom is -0.462 e. The number of unbranched alkanes of at least 4 members (excludes halogenated alkanes) is 36. The summed E-state index contributed by atoms with van der Waals surface area (Å²) < 4.78 is 67.9. The fraction of sp³-hybridized carbons (Fsp3) is 0.940. The van der Waals surface area contributed by atoms with Crippen molar-refractivity contribution in [2.75, 3.05) is 39.6 Å². The summed E-state index contributed by atoms with van der Waals surface area (Å²) in [7, 11) is -9.88. The van der Waals surface area contributed by atoms with Gasteiger partial charge in [-0.2, -0.15) is 0 Å². The maximum absolute atomic E-state index is 13.0. The van der Waals surface area contributed by atoms with Crippen LogP contribution in [0.2, 0.25) is 0 Å². The summed E-state index contributed by atoms with van der Waals surface area (Å²) in [5, 5.41) is 10.5. The van der Waals surface area contributed by atoms with Crippen molar-refractivity contribution in [1.82, 2.24) is 0 Å². The molecule has 19 heteroatoms. The Bertz CT molecular complexity index is 1680. The highest BCUT2D eigenvalue weighted by Gasteiger charge is 2.30. The van der Waals surface area contributed by atoms with E-state index < -0.39 is 97.5 Å². The van der Waals surface area contributed by atoms with Gasteiger partial charge in [-0.25, -0.2) is 9.13 Å². The summed E-state index contributed by atoms with van der Waals surface area (Å²) in [6.45, 7) is 9.30. The molecule has 0 spiro atoms. The van der Waals surface area contributed by atoms with Crippen molar-refractivity contribution in [1.29, 1.82) is 0 Å². The predicted molar refractivity (Wildman–Crippen MR) is 345 cm³/mol. The van der Waals surface area contributed by atoms with E-state index >= 15 is 0 Å². The first-order valence-corrected chi connectivity index (χ1v) is 38.0. The molecule has 86 heavy (non-hydrogen) atoms. The van der Waals surface area contributed by atoms with E-state index in [9.17, 15) is 43.2 Å². The molecular weight excluding hydrogens is 1140 g/mol. The van der Waals surface area contributed by atoms with Gasteiger partial charge >= 0.3 is 39.5 Å². The molecule has 0 aromatic carbocycles. The Morgan fingerprint density at radius 1 is 0.314 bits per heavy atom. The Balaban J connectivity index is 5.09. The normalized spacial score (nSPS) is 14.2. The van der Waals surface area contributed by atoms with Crippen LogP contribution < -0.4 is 0 Å². The van der Waals surface area contributed by atoms with Crippen LogP contribution in [0.5, 0.6) is 0 Å². The van der Waals surface area contributed by atoms with Crippen LogP contribution in [0.4, 0.5) is 0 Å². The molecule has 0 aliphatic heterocycles. The number of rotatable bonds is 66. The summed E-state index contributed by atoms with van der Waals surface area (Å²) in [4.78, 5) is 72.1. The number of aliphatic hydroxyl groups excluding tert-OH is 1. The number of hydrogen-bond donors (Lipinski definition) is 3. The number of carbonyl (C=O) groups excluding carboxylic acids is 4. The summed E-state index contributed by atoms with van der Waals surface area (Å²) >= 11 is 0. The molecule has 0 aromatic rings. The highest BCUT2D eigenvalue weighted by atomic mass is 31.2. The third-order valence-electron chi connectivity index (χ3n) is 15.5. The number of aliphatic hydroxyl groups is 1. The summed E-state index contributed by atoms with van der Waals surface area (Å²) in [5.41, 5.74) is 0. The first-order valence-electron chi connectivity index (χ1n) is 35.0. The molecule has 0 aliphatic carbocycles. The Labute approximate surface area is 524 Å². The zero-order valence-electron chi connectivity index (χ0n) is 55.6. The second-order valence-corrected chi connectivity index (χ2v) is 28.1. The number of hydrogen-bond acceptors (Lipinski definition) is 15. The monoisotopic (exact) mass is 1270 g/mol. The van der Waals surface area contributed by atoms with Gasteiger partial charge in [0.25, 0.3) is 0 Å². The lowest BCUT2D eigenvalue weighted by atomic mass is 10.0. The van der Waals surface area contributed by atoms with Crippen LogP contribution in [-0.2, 0) is 65.4 Å². The molecule has 0 rings (SSSR count). The topological polar surface area (TPSA) is 237 Å². The van der Waals surface area contributed by atoms with E-state index in [-0.39, 0.29) is 25.7 Å². The van der Waals surface area contributed by atoms with Crippen molar-refractivity contribution in [2.45, 2.75) is 355 Å². The van der Waals surface area contributed by atoms with Gasteiger partial charge in [-0.1, -0.05) is 286 Å². The molecule has 5 atom stereocenters. The summed E-state index contributed by atoms with van der Waals surface area (Å²) in [5.74, 6) is -0.793. The predicted octanol–water partition coefficient (Wildman–Crippen LogP) is 18.8. The van der Waals surface area contributed by atoms with Crippen LogP contribution in [0, 0.1) is 11.8 Å². The maximum Gasteiger partial charge on any atom is 0.472 e. The smallest absolute Gasteiger partial charge is 0.462 e. The molecule has 0 radical (unpaired) electrons. The Morgan fingerprint density at radius 3 is 0.791 bits per heavy atom. The van der Waals surface area contributed by atoms with E-state index in [1.807, 2.05) is 0 Å². The Morgan fingerprint density at radius 2 is 0.535 bits per heavy atom. The minimum absolute atomic E-state index is 0.102. The van der Waals surface area contributed by atoms with Crippen LogP contribution in [0.15, 0.2) is 0 Å². The first-order chi connectivity index (χ1) is 41.4. The zero-order chi connectivity index (χ0) is 63.6. The largest absolute Gasteiger partial charge is 0.472 e. The molecule has 0 aliphatic rings. The van der Waals surface area contributed by atoms with Crippen LogP contribution in [0.3, 0.4) is 0 Å². The van der Waals surface area contributed by atoms with Gasteiger partial charge in [-0.05, 0) is 37.5 Å². The Hall–Kier alpha value is -1.94. The number of phosphoric ester groups is 2. The van der Waals surface area contributed by atoms with Crippen molar-refractivity contribution >= 4 is 39.5 Å². The van der Waals surface area contributed by atoms with E-state index in [1.165, 1.54) is 135 Å². The lowest BCUT2D eigenvalue weighted by molar-refractivity contribution is -0.161. The first kappa shape index (κ1) is 84.1. The van der Waals surface area contributed by atoms with E-state index in [0.29, 0.717) is 37.5 Å². The number of esters is 4. The van der Waals surface area contributed by atoms with Gasteiger partial charge < -0.3 is 33.8 Å². The Kier molecular flexibility index (Phi) is 58.0. The molecule has 3 N–H and O–H groups in total. The fourth-order valence-electron chi connectivity index (χ4n) is 10.1. The van der Waals surface area contributed by atoms with Crippen LogP contribution in [-0.4, -0.2) is 96.7 Å². The van der Waals surface area contributed by atoms with Crippen LogP contribution in [0.25, 0.3) is 0 Å². The van der Waals surface area contributed by atoms with E-state index in [2.05, 4.69) is 41.5 Å². The third kappa shape index (κ3) is 60.9. The van der Waals surface area contributed by atoms with Crippen molar-refractivity contribution in [2.24, 2.45) is 11.8 Å². The SMILES string of the molecule is CCCCCCCCCCCCCCCCCCCCCCCC(=O)O[C@H](COC(=O)CCCCCCCCC(C)C)COP(=O)(O)OC[C@@H](O)COP(=O)(O)OC[C@@H](COC(=O)CCCCCCCCC)OC(=O)CCCCCCCCC(C)C. The van der Waals surface area contributed by atoms with Gasteiger partial charge in [0.05, 0.1) is 26.4 Å². The molecule has 0 saturated heterocycles. The maximum atomic E-state index is 13.0. The number of ether oxygens (including phenoxy) is 4. The molecule has 2 unspecified atom stereocenters. The van der Waals surface area contributed by atoms with Gasteiger partial charge in [0.2, 0.25) is 0 Å². The van der Waals surface area contributed by atoms with Crippen molar-refractivity contribution in [3.05, 3.63) is 0 Å². The lowest BCUT2D eigenvalue weighted by Gasteiger charge is -2.21. The van der Waals surface area contributed by atoms with E-state index in [4.69, 9.17) is 37.0 Å². The van der Waals surface area contributed by atoms with Gasteiger partial charge in [-0.15, -0.1) is 0 Å². The molecule has 17 nitrogen and oxygen atoms in total. The molecule has 0 aromatic heterocycles. The number of phosphoric acid groups is 2. The lowest BCUT2D eigenvalue weighted by Crippen LogP contribution is -2.30. The van der Waals surface area contributed by atoms with E-state index in [0.717, 1.165) is 109 Å². The molecule has 0 saturated carbocycles. The van der Waals surface area contributed by atoms with Gasteiger partial charge in [-0.3, -0.25) is 37.3 Å². The second-order valence-electron chi connectivity index (χ2n) is 25.2. The molecular formula is C67H130O17P2. The second kappa shape index (κ2) is 59.4. The number of carbonyl (C=O) groups is 4. The third-order valence-corrected chi connectivity index (χ3v) is 17.4. The quantitative estimate of drug-likeness (QED) is 0.0222. The van der Waals surface area contributed by atoms with E-state index in [1.54, 1.807) is 0 Å². The van der Waals surface area contributed by atoms with Crippen LogP contribution >= 0.6 is 15.6 Å². The molecule has 0 heterocycles. The van der Waals surface area contributed by atoms with Gasteiger partial charge in [0.1, 0.15) is 19.3 Å². The average Bonchev–Trinajstić information content (AvgIpc) is 3.54. The van der Waals surface area contributed by atoms with Crippen molar-refractivity contribution in [3.8, 4) is 0 Å². The molecule has 510 valence electrons. The molecule has 0 amide bonds. The fourth-order valence-corrected chi connectivity index (χ4v) is 11.6. The zero-order valence-corrected chi connectivity index (χ0v) is 57.4. The van der Waals surface area contributed by atoms with Crippen molar-refractivity contribution < 1.29 is 80.2 Å². The highest BCUT2D eigenvalue weighted by Crippen LogP contribution is 2.45. The molecule has 0 bridgehead atoms. The van der Waals surface area contributed by atoms with Gasteiger partial charge in [0, 0.05) is 25.7 Å². The van der Waals surface area contributed by atoms with Crippen LogP contribution in [0.1, 0.15) is 337 Å². The molecule has 0 fully saturated rings. The highest BCUT2D eigenvalue weighted by molar-refractivity contribution is 7.47. The standard InChI is InChI=1S/C67H130O17P2/c1-7-9-11-13-15-16-17-18-19-20-21-22-23-24-25-26-27-28-30-39-45-51-66(71)83-62(56-78-65(70)50-44-38-33-31-35-41-47-59(3)4)57-81-85(73,74)79-53-61(68)54-80-86(75,76)82-58-63(55-77-64(69)49-43-37-29-14-12-10-8-2)84-67(72)52-46-40-34-32-36-42-48-60(5)6/h59-63,68H,7-58H2,1-6H3,(H,73,74)(H,75,76)/t61-,62-,63-/m1/s1. The summed E-state index contributed by atoms with van der Waals surface area (Å²) in [6, 6.07) is 0. The van der Waals surface area contributed by atoms with Gasteiger partial charge in [0.15, 0.2) is 12.2 Å². The van der Waals surface area contributed by atoms with Crippen molar-refractivity contribution in [3.63, 3.8) is 0 Å². The summed E-state index contributed by atoms with van der Waals surface area (Å²) in [6.07, 6.45) is 43.8. The minimum atomic E-state index is -4.95.